The summed E-state index contributed by atoms with van der Waals surface area (Å²) in [6.07, 6.45) is 2.54. The Morgan fingerprint density at radius 2 is 2.04 bits per heavy atom. The van der Waals surface area contributed by atoms with Crippen LogP contribution in [0.3, 0.4) is 0 Å². The topological polar surface area (TPSA) is 80.3 Å². The number of methoxy groups -OCH3 is 1. The normalized spacial score (nSPS) is 49.8. The fourth-order valence-corrected chi connectivity index (χ4v) is 5.11. The molecule has 134 valence electrons. The van der Waals surface area contributed by atoms with E-state index in [1.54, 1.807) is 0 Å². The molecule has 4 heterocycles. The lowest BCUT2D eigenvalue weighted by Gasteiger charge is -2.58. The van der Waals surface area contributed by atoms with Crippen molar-refractivity contribution in [2.24, 2.45) is 23.7 Å². The first-order valence-corrected chi connectivity index (χ1v) is 8.71. The molecule has 4 saturated heterocycles. The van der Waals surface area contributed by atoms with Gasteiger partial charge in [0.2, 0.25) is 12.1 Å². The molecule has 0 radical (unpaired) electrons. The van der Waals surface area contributed by atoms with Gasteiger partial charge < -0.3 is 14.2 Å². The van der Waals surface area contributed by atoms with Crippen LogP contribution in [0.15, 0.2) is 0 Å². The molecule has 24 heavy (non-hydrogen) atoms. The molecular formula is C17H24O7. The zero-order valence-corrected chi connectivity index (χ0v) is 14.3. The second-order valence-corrected chi connectivity index (χ2v) is 7.73. The summed E-state index contributed by atoms with van der Waals surface area (Å²) in [6.45, 7) is 4.01. The van der Waals surface area contributed by atoms with Crippen molar-refractivity contribution in [2.45, 2.75) is 63.6 Å². The van der Waals surface area contributed by atoms with Gasteiger partial charge in [-0.25, -0.2) is 9.78 Å². The summed E-state index contributed by atoms with van der Waals surface area (Å²) in [4.78, 5) is 36.0. The van der Waals surface area contributed by atoms with E-state index in [2.05, 4.69) is 6.92 Å². The second-order valence-electron chi connectivity index (χ2n) is 7.73. The highest BCUT2D eigenvalue weighted by Crippen LogP contribution is 2.60. The van der Waals surface area contributed by atoms with Gasteiger partial charge in [0, 0.05) is 18.3 Å². The zero-order chi connectivity index (χ0) is 17.1. The van der Waals surface area contributed by atoms with Gasteiger partial charge in [0.1, 0.15) is 0 Å². The number of hydrogen-bond acceptors (Lipinski definition) is 7. The smallest absolute Gasteiger partial charge is 0.312 e. The minimum absolute atomic E-state index is 0.00377. The molecule has 0 aromatic carbocycles. The van der Waals surface area contributed by atoms with Gasteiger partial charge in [-0.3, -0.25) is 9.59 Å². The molecule has 1 aliphatic carbocycles. The average Bonchev–Trinajstić information content (AvgIpc) is 2.78. The van der Waals surface area contributed by atoms with Crippen LogP contribution >= 0.6 is 0 Å². The third-order valence-corrected chi connectivity index (χ3v) is 6.40. The van der Waals surface area contributed by atoms with E-state index >= 15 is 0 Å². The highest BCUT2D eigenvalue weighted by atomic mass is 17.3. The SMILES string of the molecule is COC(=O)C[C@H]1C(=O)O[C@@H]2O[C@@]3(C)CC[C@H]4[C@H](C)CC[C@@H]1[C@@]24OO3. The number of hydrogen-bond donors (Lipinski definition) is 0. The lowest BCUT2D eigenvalue weighted by molar-refractivity contribution is -0.559. The quantitative estimate of drug-likeness (QED) is 0.561. The molecule has 1 saturated carbocycles. The first kappa shape index (κ1) is 16.3. The molecule has 5 aliphatic rings. The number of ether oxygens (including phenoxy) is 3. The summed E-state index contributed by atoms with van der Waals surface area (Å²) in [6, 6.07) is 0. The van der Waals surface area contributed by atoms with E-state index in [-0.39, 0.29) is 18.3 Å². The second kappa shape index (κ2) is 5.41. The molecule has 4 aliphatic heterocycles. The maximum Gasteiger partial charge on any atom is 0.312 e. The van der Waals surface area contributed by atoms with Crippen molar-refractivity contribution in [3.05, 3.63) is 0 Å². The van der Waals surface area contributed by atoms with E-state index in [0.29, 0.717) is 12.3 Å². The summed E-state index contributed by atoms with van der Waals surface area (Å²) in [5, 5.41) is 0. The van der Waals surface area contributed by atoms with Gasteiger partial charge in [-0.05, 0) is 32.1 Å². The van der Waals surface area contributed by atoms with Crippen LogP contribution in [-0.4, -0.2) is 36.7 Å². The molecule has 0 aromatic heterocycles. The van der Waals surface area contributed by atoms with Crippen LogP contribution in [0.5, 0.6) is 0 Å². The van der Waals surface area contributed by atoms with E-state index < -0.39 is 35.5 Å². The van der Waals surface area contributed by atoms with Crippen LogP contribution in [0, 0.1) is 23.7 Å². The first-order chi connectivity index (χ1) is 11.4. The van der Waals surface area contributed by atoms with E-state index in [4.69, 9.17) is 24.0 Å². The summed E-state index contributed by atoms with van der Waals surface area (Å²) >= 11 is 0. The first-order valence-electron chi connectivity index (χ1n) is 8.71. The van der Waals surface area contributed by atoms with E-state index in [9.17, 15) is 9.59 Å². The largest absolute Gasteiger partial charge is 0.469 e. The molecule has 1 spiro atoms. The van der Waals surface area contributed by atoms with Gasteiger partial charge in [-0.1, -0.05) is 6.92 Å². The van der Waals surface area contributed by atoms with Crippen LogP contribution in [0.25, 0.3) is 0 Å². The fraction of sp³-hybridized carbons (Fsp3) is 0.882. The van der Waals surface area contributed by atoms with Gasteiger partial charge in [-0.15, -0.1) is 0 Å². The molecule has 7 heteroatoms. The van der Waals surface area contributed by atoms with Crippen LogP contribution in [0.1, 0.15) is 46.0 Å². The molecular weight excluding hydrogens is 316 g/mol. The fourth-order valence-electron chi connectivity index (χ4n) is 5.11. The minimum atomic E-state index is -0.896. The molecule has 5 fully saturated rings. The number of carbonyl (C=O) groups is 2. The molecule has 2 bridgehead atoms. The van der Waals surface area contributed by atoms with Crippen molar-refractivity contribution in [2.75, 3.05) is 7.11 Å². The van der Waals surface area contributed by atoms with Gasteiger partial charge in [0.05, 0.1) is 19.4 Å². The Hall–Kier alpha value is -1.18. The van der Waals surface area contributed by atoms with Gasteiger partial charge in [-0.2, -0.15) is 0 Å². The Labute approximate surface area is 140 Å². The average molecular weight is 340 g/mol. The van der Waals surface area contributed by atoms with Crippen LogP contribution < -0.4 is 0 Å². The molecule has 7 atom stereocenters. The van der Waals surface area contributed by atoms with Crippen molar-refractivity contribution >= 4 is 11.9 Å². The predicted octanol–water partition coefficient (Wildman–Crippen LogP) is 1.94. The molecule has 0 amide bonds. The Morgan fingerprint density at radius 1 is 1.25 bits per heavy atom. The summed E-state index contributed by atoms with van der Waals surface area (Å²) in [7, 11) is 1.32. The van der Waals surface area contributed by atoms with Gasteiger partial charge in [0.25, 0.3) is 0 Å². The molecule has 0 N–H and O–H groups in total. The number of rotatable bonds is 2. The van der Waals surface area contributed by atoms with Crippen molar-refractivity contribution in [1.29, 1.82) is 0 Å². The summed E-state index contributed by atoms with van der Waals surface area (Å²) < 4.78 is 16.4. The third-order valence-electron chi connectivity index (χ3n) is 6.40. The minimum Gasteiger partial charge on any atom is -0.469 e. The Morgan fingerprint density at radius 3 is 2.79 bits per heavy atom. The number of carbonyl (C=O) groups excluding carboxylic acids is 2. The molecule has 5 rings (SSSR count). The highest BCUT2D eigenvalue weighted by molar-refractivity contribution is 5.81. The summed E-state index contributed by atoms with van der Waals surface area (Å²) in [5.74, 6) is -1.91. The Balaban J connectivity index is 1.75. The molecule has 0 aromatic rings. The lowest BCUT2D eigenvalue weighted by Crippen LogP contribution is -2.70. The summed E-state index contributed by atoms with van der Waals surface area (Å²) in [5.41, 5.74) is -0.833. The van der Waals surface area contributed by atoms with E-state index in [0.717, 1.165) is 19.3 Å². The van der Waals surface area contributed by atoms with Crippen LogP contribution in [0.2, 0.25) is 0 Å². The zero-order valence-electron chi connectivity index (χ0n) is 14.3. The van der Waals surface area contributed by atoms with Crippen molar-refractivity contribution in [1.82, 2.24) is 0 Å². The van der Waals surface area contributed by atoms with Crippen molar-refractivity contribution < 1.29 is 33.6 Å². The third kappa shape index (κ3) is 2.14. The van der Waals surface area contributed by atoms with Gasteiger partial charge in [0.15, 0.2) is 5.60 Å². The maximum absolute atomic E-state index is 12.6. The van der Waals surface area contributed by atoms with Crippen molar-refractivity contribution in [3.63, 3.8) is 0 Å². The Bertz CT molecular complexity index is 563. The maximum atomic E-state index is 12.6. The van der Waals surface area contributed by atoms with Crippen LogP contribution in [-0.2, 0) is 33.6 Å². The standard InChI is InChI=1S/C17H24O7/c1-9-4-5-12-10(8-13(18)20-3)14(19)21-15-17(12)11(9)6-7-16(2,22-15)23-24-17/h9-12,15H,4-8H2,1-3H3/t9-,10-,11+,12+,15-,16-,17-/m1/s1. The molecule has 0 unspecified atom stereocenters. The molecule has 7 nitrogen and oxygen atoms in total. The lowest BCUT2D eigenvalue weighted by atomic mass is 9.57. The number of fused-ring (bicyclic) bond motifs is 2. The van der Waals surface area contributed by atoms with E-state index in [1.165, 1.54) is 7.11 Å². The van der Waals surface area contributed by atoms with Crippen molar-refractivity contribution in [3.8, 4) is 0 Å². The highest BCUT2D eigenvalue weighted by Gasteiger charge is 2.70. The Kier molecular flexibility index (Phi) is 3.67. The van der Waals surface area contributed by atoms with Crippen LogP contribution in [0.4, 0.5) is 0 Å². The predicted molar refractivity (Wildman–Crippen MR) is 79.0 cm³/mol. The van der Waals surface area contributed by atoms with Gasteiger partial charge >= 0.3 is 11.9 Å². The monoisotopic (exact) mass is 340 g/mol. The van der Waals surface area contributed by atoms with E-state index in [1.807, 2.05) is 6.92 Å². The number of esters is 2.